The number of aromatic nitrogens is 2. The normalized spacial score (nSPS) is 24.2. The fraction of sp³-hybridized carbons (Fsp3) is 0.559. The van der Waals surface area contributed by atoms with Crippen molar-refractivity contribution in [3.8, 4) is 16.9 Å². The topological polar surface area (TPSA) is 100 Å². The van der Waals surface area contributed by atoms with Gasteiger partial charge in [0.15, 0.2) is 5.82 Å². The first kappa shape index (κ1) is 29.6. The Morgan fingerprint density at radius 1 is 1.16 bits per heavy atom. The van der Waals surface area contributed by atoms with Gasteiger partial charge in [-0.25, -0.2) is 9.18 Å². The molecule has 2 saturated carbocycles. The third-order valence-corrected chi connectivity index (χ3v) is 9.87. The van der Waals surface area contributed by atoms with Crippen molar-refractivity contribution in [2.45, 2.75) is 102 Å². The number of likely N-dealkylation sites (tertiary alicyclic amines) is 1. The number of aromatic amines is 1. The van der Waals surface area contributed by atoms with Crippen LogP contribution in [0.5, 0.6) is 5.75 Å². The second-order valence-electron chi connectivity index (χ2n) is 14.2. The summed E-state index contributed by atoms with van der Waals surface area (Å²) < 4.78 is 26.9. The molecule has 0 radical (unpaired) electrons. The van der Waals surface area contributed by atoms with Gasteiger partial charge in [0.25, 0.3) is 0 Å². The van der Waals surface area contributed by atoms with Crippen LogP contribution in [0.3, 0.4) is 0 Å². The van der Waals surface area contributed by atoms with E-state index < -0.39 is 11.2 Å². The highest BCUT2D eigenvalue weighted by molar-refractivity contribution is 5.82. The maximum Gasteiger partial charge on any atom is 0.438 e. The number of hydrogen-bond acceptors (Lipinski definition) is 6. The molecule has 2 aliphatic carbocycles. The molecule has 6 rings (SSSR count). The zero-order valence-corrected chi connectivity index (χ0v) is 25.8. The van der Waals surface area contributed by atoms with Crippen LogP contribution in [-0.4, -0.2) is 52.7 Å². The van der Waals surface area contributed by atoms with Crippen LogP contribution in [0.25, 0.3) is 11.1 Å². The summed E-state index contributed by atoms with van der Waals surface area (Å²) in [4.78, 5) is 29.7. The van der Waals surface area contributed by atoms with E-state index in [0.29, 0.717) is 11.6 Å². The molecule has 1 aliphatic heterocycles. The third-order valence-electron chi connectivity index (χ3n) is 9.87. The number of carbonyl (C=O) groups excluding carboxylic acids is 1. The summed E-state index contributed by atoms with van der Waals surface area (Å²) in [5.41, 5.74) is 2.74. The molecule has 0 spiro atoms. The molecule has 2 N–H and O–H groups in total. The average Bonchev–Trinajstić information content (AvgIpc) is 3.62. The quantitative estimate of drug-likeness (QED) is 0.339. The van der Waals surface area contributed by atoms with Crippen LogP contribution < -0.4 is 15.8 Å². The number of H-pyrrole nitrogens is 1. The van der Waals surface area contributed by atoms with Gasteiger partial charge in [0, 0.05) is 24.6 Å². The van der Waals surface area contributed by atoms with E-state index in [9.17, 15) is 9.59 Å². The molecule has 1 saturated heterocycles. The summed E-state index contributed by atoms with van der Waals surface area (Å²) >= 11 is 0. The molecular formula is C34H43FN4O4. The lowest BCUT2D eigenvalue weighted by Gasteiger charge is -2.30. The highest BCUT2D eigenvalue weighted by Gasteiger charge is 2.40. The highest BCUT2D eigenvalue weighted by atomic mass is 19.1. The van der Waals surface area contributed by atoms with Crippen molar-refractivity contribution in [3.05, 3.63) is 69.7 Å². The second kappa shape index (κ2) is 11.2. The van der Waals surface area contributed by atoms with E-state index in [2.05, 4.69) is 34.2 Å². The maximum absolute atomic E-state index is 15.4. The van der Waals surface area contributed by atoms with E-state index in [1.54, 1.807) is 12.1 Å². The summed E-state index contributed by atoms with van der Waals surface area (Å²) in [6, 6.07) is 11.2. The summed E-state index contributed by atoms with van der Waals surface area (Å²) in [6.45, 7) is 9.26. The van der Waals surface area contributed by atoms with Crippen LogP contribution >= 0.6 is 0 Å². The molecule has 8 nitrogen and oxygen atoms in total. The number of amides is 1. The second-order valence-corrected chi connectivity index (χ2v) is 14.2. The number of ether oxygens (including phenoxy) is 1. The van der Waals surface area contributed by atoms with Gasteiger partial charge in [-0.2, -0.15) is 0 Å². The minimum atomic E-state index is -0.673. The number of likely N-dealkylation sites (N-methyl/N-ethyl adjacent to an activating group) is 1. The Bertz CT molecular complexity index is 1560. The molecule has 3 aliphatic rings. The number of hydrogen-bond donors (Lipinski definition) is 2. The lowest BCUT2D eigenvalue weighted by atomic mass is 9.76. The third kappa shape index (κ3) is 5.88. The first-order chi connectivity index (χ1) is 20.4. The van der Waals surface area contributed by atoms with E-state index >= 15 is 4.39 Å². The van der Waals surface area contributed by atoms with Gasteiger partial charge in [-0.15, -0.1) is 0 Å². The van der Waals surface area contributed by atoms with Crippen molar-refractivity contribution in [1.29, 1.82) is 0 Å². The molecule has 0 bridgehead atoms. The van der Waals surface area contributed by atoms with Crippen molar-refractivity contribution in [3.63, 3.8) is 0 Å². The van der Waals surface area contributed by atoms with Gasteiger partial charge in [0.05, 0.1) is 11.5 Å². The summed E-state index contributed by atoms with van der Waals surface area (Å²) in [5.74, 6) is 0.586. The Labute approximate surface area is 252 Å². The van der Waals surface area contributed by atoms with E-state index in [0.717, 1.165) is 73.7 Å². The van der Waals surface area contributed by atoms with Gasteiger partial charge in [-0.05, 0) is 99.2 Å². The predicted octanol–water partition coefficient (Wildman–Crippen LogP) is 5.91. The number of halogens is 1. The molecule has 43 heavy (non-hydrogen) atoms. The Kier molecular flexibility index (Phi) is 7.73. The van der Waals surface area contributed by atoms with Crippen molar-refractivity contribution in [1.82, 2.24) is 20.4 Å². The average molecular weight is 591 g/mol. The van der Waals surface area contributed by atoms with Crippen LogP contribution in [-0.2, 0) is 10.2 Å². The Morgan fingerprint density at radius 3 is 2.60 bits per heavy atom. The van der Waals surface area contributed by atoms with Gasteiger partial charge < -0.3 is 10.1 Å². The van der Waals surface area contributed by atoms with Crippen molar-refractivity contribution >= 4 is 5.91 Å². The molecular weight excluding hydrogens is 547 g/mol. The first-order valence-corrected chi connectivity index (χ1v) is 15.6. The van der Waals surface area contributed by atoms with Gasteiger partial charge in [-0.1, -0.05) is 43.6 Å². The highest BCUT2D eigenvalue weighted by Crippen LogP contribution is 2.46. The van der Waals surface area contributed by atoms with E-state index in [-0.39, 0.29) is 41.2 Å². The SMILES string of the molecule is CN1CC(C)(C)C[C@H]1C(=O)N[C@@H]1CC[C@@H](Oc2ccc(C(C)(C)c3noc(=O)[nH]3)cc2-c2cccc(F)c2C2CCC2)C1. The molecule has 2 heterocycles. The van der Waals surface area contributed by atoms with Crippen molar-refractivity contribution in [2.75, 3.05) is 13.6 Å². The molecule has 2 aromatic carbocycles. The molecule has 3 atom stereocenters. The lowest BCUT2D eigenvalue weighted by molar-refractivity contribution is -0.125. The molecule has 3 aromatic rings. The van der Waals surface area contributed by atoms with Crippen molar-refractivity contribution in [2.24, 2.45) is 5.41 Å². The standard InChI is InChI=1S/C34H43FN4O4/c1-33(2)18-27(39(5)19-33)30(40)36-22-13-14-23(17-22)42-28-15-12-21(34(3,4)31-37-32(41)43-38-31)16-25(28)24-10-7-11-26(35)29(24)20-8-6-9-20/h7,10-12,15-16,20,22-23,27H,6,8-9,13-14,17-19H2,1-5H3,(H,36,40)(H,37,38,41)/t22-,23-,27+/m1/s1. The molecule has 230 valence electrons. The monoisotopic (exact) mass is 590 g/mol. The fourth-order valence-corrected chi connectivity index (χ4v) is 7.23. The van der Waals surface area contributed by atoms with Gasteiger partial charge in [-0.3, -0.25) is 19.2 Å². The number of nitrogens with zero attached hydrogens (tertiary/aromatic N) is 2. The molecule has 3 fully saturated rings. The lowest BCUT2D eigenvalue weighted by Crippen LogP contribution is -2.45. The molecule has 1 amide bonds. The Morgan fingerprint density at radius 2 is 1.95 bits per heavy atom. The van der Waals surface area contributed by atoms with E-state index in [4.69, 9.17) is 9.26 Å². The largest absolute Gasteiger partial charge is 0.490 e. The maximum atomic E-state index is 15.4. The number of rotatable bonds is 8. The van der Waals surface area contributed by atoms with Gasteiger partial charge in [0.2, 0.25) is 5.91 Å². The summed E-state index contributed by atoms with van der Waals surface area (Å²) in [7, 11) is 2.02. The number of nitrogens with one attached hydrogen (secondary N) is 2. The molecule has 9 heteroatoms. The Balaban J connectivity index is 1.27. The summed E-state index contributed by atoms with van der Waals surface area (Å²) in [5, 5.41) is 7.25. The number of carbonyl (C=O) groups is 1. The van der Waals surface area contributed by atoms with Crippen LogP contribution in [0.1, 0.15) is 95.5 Å². The van der Waals surface area contributed by atoms with Crippen molar-refractivity contribution < 1.29 is 18.4 Å². The van der Waals surface area contributed by atoms with E-state index in [1.165, 1.54) is 0 Å². The molecule has 1 aromatic heterocycles. The minimum absolute atomic E-state index is 0.0555. The fourth-order valence-electron chi connectivity index (χ4n) is 7.23. The summed E-state index contributed by atoms with van der Waals surface area (Å²) in [6.07, 6.45) is 6.20. The predicted molar refractivity (Wildman–Crippen MR) is 163 cm³/mol. The van der Waals surface area contributed by atoms with Gasteiger partial charge in [0.1, 0.15) is 17.7 Å². The Hall–Kier alpha value is -3.46. The van der Waals surface area contributed by atoms with Gasteiger partial charge >= 0.3 is 5.76 Å². The van der Waals surface area contributed by atoms with Crippen LogP contribution in [0, 0.1) is 11.2 Å². The van der Waals surface area contributed by atoms with Crippen LogP contribution in [0.4, 0.5) is 4.39 Å². The smallest absolute Gasteiger partial charge is 0.438 e. The number of benzene rings is 2. The van der Waals surface area contributed by atoms with Crippen LogP contribution in [0.15, 0.2) is 45.7 Å². The zero-order chi connectivity index (χ0) is 30.5. The van der Waals surface area contributed by atoms with Crippen LogP contribution in [0.2, 0.25) is 0 Å². The first-order valence-electron chi connectivity index (χ1n) is 15.6. The zero-order valence-electron chi connectivity index (χ0n) is 25.8. The molecule has 0 unspecified atom stereocenters. The minimum Gasteiger partial charge on any atom is -0.490 e. The van der Waals surface area contributed by atoms with E-state index in [1.807, 2.05) is 45.2 Å².